The monoisotopic (exact) mass is 361 g/mol. The Morgan fingerprint density at radius 3 is 2.46 bits per heavy atom. The highest BCUT2D eigenvalue weighted by molar-refractivity contribution is 5.78. The Morgan fingerprint density at radius 2 is 1.88 bits per heavy atom. The van der Waals surface area contributed by atoms with Gasteiger partial charge in [-0.2, -0.15) is 0 Å². The maximum absolute atomic E-state index is 11.7. The number of ether oxygens (including phenoxy) is 1. The minimum absolute atomic E-state index is 0.231. The molecule has 1 heterocycles. The fourth-order valence-corrected chi connectivity index (χ4v) is 2.97. The van der Waals surface area contributed by atoms with Crippen LogP contribution in [-0.4, -0.2) is 61.7 Å². The molecule has 144 valence electrons. The van der Waals surface area contributed by atoms with Crippen molar-refractivity contribution in [3.8, 4) is 0 Å². The van der Waals surface area contributed by atoms with Crippen molar-refractivity contribution in [3.63, 3.8) is 0 Å². The molecule has 0 radical (unpaired) electrons. The Kier molecular flexibility index (Phi) is 7.72. The second-order valence-corrected chi connectivity index (χ2v) is 6.86. The molecular formula is C19H31N5O2. The van der Waals surface area contributed by atoms with E-state index in [2.05, 4.69) is 53.6 Å². The van der Waals surface area contributed by atoms with Gasteiger partial charge in [-0.05, 0) is 45.0 Å². The molecule has 1 aromatic carbocycles. The highest BCUT2D eigenvalue weighted by Crippen LogP contribution is 2.11. The normalized spacial score (nSPS) is 16.0. The molecule has 0 spiro atoms. The number of amides is 1. The lowest BCUT2D eigenvalue weighted by Crippen LogP contribution is -2.48. The summed E-state index contributed by atoms with van der Waals surface area (Å²) in [5, 5.41) is 3.26. The lowest BCUT2D eigenvalue weighted by molar-refractivity contribution is 0.0963. The third kappa shape index (κ3) is 6.55. The number of likely N-dealkylation sites (tertiary alicyclic amines) is 1. The Morgan fingerprint density at radius 1 is 1.27 bits per heavy atom. The van der Waals surface area contributed by atoms with E-state index < -0.39 is 0 Å². The fraction of sp³-hybridized carbons (Fsp3) is 0.579. The molecule has 0 unspecified atom stereocenters. The van der Waals surface area contributed by atoms with Gasteiger partial charge in [-0.25, -0.2) is 9.79 Å². The third-order valence-electron chi connectivity index (χ3n) is 4.33. The predicted molar refractivity (Wildman–Crippen MR) is 104 cm³/mol. The van der Waals surface area contributed by atoms with E-state index in [0.717, 1.165) is 24.9 Å². The number of hydrogen-bond acceptors (Lipinski definition) is 4. The summed E-state index contributed by atoms with van der Waals surface area (Å²) < 4.78 is 5.03. The summed E-state index contributed by atoms with van der Waals surface area (Å²) in [5.41, 5.74) is 8.43. The van der Waals surface area contributed by atoms with E-state index in [-0.39, 0.29) is 12.1 Å². The van der Waals surface area contributed by atoms with E-state index in [9.17, 15) is 4.79 Å². The number of guanidine groups is 1. The molecule has 1 aliphatic heterocycles. The van der Waals surface area contributed by atoms with Crippen LogP contribution in [0.5, 0.6) is 0 Å². The van der Waals surface area contributed by atoms with Crippen LogP contribution < -0.4 is 11.1 Å². The highest BCUT2D eigenvalue weighted by atomic mass is 16.6. The molecule has 0 aliphatic carbocycles. The van der Waals surface area contributed by atoms with E-state index in [4.69, 9.17) is 10.5 Å². The molecular weight excluding hydrogens is 330 g/mol. The quantitative estimate of drug-likeness (QED) is 0.596. The number of rotatable bonds is 6. The summed E-state index contributed by atoms with van der Waals surface area (Å²) in [4.78, 5) is 20.0. The molecule has 0 bridgehead atoms. The largest absolute Gasteiger partial charge is 0.450 e. The fourth-order valence-electron chi connectivity index (χ4n) is 2.97. The average Bonchev–Trinajstić information content (AvgIpc) is 2.61. The molecule has 7 nitrogen and oxygen atoms in total. The highest BCUT2D eigenvalue weighted by Gasteiger charge is 2.23. The number of aliphatic imine (C=N–C) groups is 1. The van der Waals surface area contributed by atoms with Gasteiger partial charge in [-0.1, -0.05) is 24.3 Å². The maximum Gasteiger partial charge on any atom is 0.409 e. The minimum atomic E-state index is -0.231. The number of carbonyl (C=O) groups is 1. The molecule has 0 atom stereocenters. The van der Waals surface area contributed by atoms with Crippen LogP contribution in [-0.2, 0) is 17.8 Å². The van der Waals surface area contributed by atoms with Crippen LogP contribution >= 0.6 is 0 Å². The van der Waals surface area contributed by atoms with Crippen molar-refractivity contribution in [2.45, 2.75) is 38.9 Å². The van der Waals surface area contributed by atoms with Crippen LogP contribution in [0.25, 0.3) is 0 Å². The first-order chi connectivity index (χ1) is 12.5. The van der Waals surface area contributed by atoms with E-state index in [1.54, 1.807) is 4.90 Å². The SMILES string of the molecule is CCOC(=O)N1CCC(NC(N)=NCc2ccc(CN(C)C)cc2)CC1. The van der Waals surface area contributed by atoms with Gasteiger partial charge in [-0.3, -0.25) is 0 Å². The molecule has 1 fully saturated rings. The molecule has 1 aromatic rings. The lowest BCUT2D eigenvalue weighted by atomic mass is 10.1. The summed E-state index contributed by atoms with van der Waals surface area (Å²) in [5.74, 6) is 0.456. The zero-order valence-corrected chi connectivity index (χ0v) is 16.1. The summed E-state index contributed by atoms with van der Waals surface area (Å²) in [7, 11) is 4.11. The van der Waals surface area contributed by atoms with Gasteiger partial charge in [0.25, 0.3) is 0 Å². The Balaban J connectivity index is 1.76. The standard InChI is InChI=1S/C19H31N5O2/c1-4-26-19(25)24-11-9-17(10-12-24)22-18(20)21-13-15-5-7-16(8-6-15)14-23(2)3/h5-8,17H,4,9-14H2,1-3H3,(H3,20,21,22). The van der Waals surface area contributed by atoms with E-state index >= 15 is 0 Å². The summed E-state index contributed by atoms with van der Waals surface area (Å²) in [6, 6.07) is 8.67. The summed E-state index contributed by atoms with van der Waals surface area (Å²) in [6.07, 6.45) is 1.45. The number of nitrogens with one attached hydrogen (secondary N) is 1. The van der Waals surface area contributed by atoms with E-state index in [0.29, 0.717) is 32.2 Å². The van der Waals surface area contributed by atoms with Gasteiger partial charge in [0.15, 0.2) is 5.96 Å². The molecule has 0 saturated carbocycles. The van der Waals surface area contributed by atoms with Crippen molar-refractivity contribution < 1.29 is 9.53 Å². The predicted octanol–water partition coefficient (Wildman–Crippen LogP) is 1.77. The van der Waals surface area contributed by atoms with Crippen LogP contribution in [0, 0.1) is 0 Å². The molecule has 7 heteroatoms. The Hall–Kier alpha value is -2.28. The van der Waals surface area contributed by atoms with Crippen LogP contribution in [0.15, 0.2) is 29.3 Å². The zero-order chi connectivity index (χ0) is 18.9. The van der Waals surface area contributed by atoms with Crippen LogP contribution in [0.2, 0.25) is 0 Å². The average molecular weight is 361 g/mol. The van der Waals surface area contributed by atoms with Gasteiger partial charge in [0.1, 0.15) is 0 Å². The summed E-state index contributed by atoms with van der Waals surface area (Å²) >= 11 is 0. The van der Waals surface area contributed by atoms with Crippen LogP contribution in [0.3, 0.4) is 0 Å². The molecule has 26 heavy (non-hydrogen) atoms. The van der Waals surface area contributed by atoms with Gasteiger partial charge in [0, 0.05) is 25.7 Å². The van der Waals surface area contributed by atoms with Crippen molar-refractivity contribution in [2.75, 3.05) is 33.8 Å². The van der Waals surface area contributed by atoms with Gasteiger partial charge >= 0.3 is 6.09 Å². The second-order valence-electron chi connectivity index (χ2n) is 6.86. The number of carbonyl (C=O) groups excluding carboxylic acids is 1. The van der Waals surface area contributed by atoms with Crippen molar-refractivity contribution in [2.24, 2.45) is 10.7 Å². The number of nitrogens with two attached hydrogens (primary N) is 1. The maximum atomic E-state index is 11.7. The van der Waals surface area contributed by atoms with Gasteiger partial charge in [0.2, 0.25) is 0 Å². The van der Waals surface area contributed by atoms with E-state index in [1.165, 1.54) is 5.56 Å². The van der Waals surface area contributed by atoms with Gasteiger partial charge < -0.3 is 25.6 Å². The smallest absolute Gasteiger partial charge is 0.409 e. The first-order valence-corrected chi connectivity index (χ1v) is 9.18. The molecule has 0 aromatic heterocycles. The van der Waals surface area contributed by atoms with Gasteiger partial charge in [-0.15, -0.1) is 0 Å². The van der Waals surface area contributed by atoms with Crippen molar-refractivity contribution >= 4 is 12.1 Å². The second kappa shape index (κ2) is 10.0. The Labute approximate surface area is 156 Å². The molecule has 1 amide bonds. The number of nitrogens with zero attached hydrogens (tertiary/aromatic N) is 3. The third-order valence-corrected chi connectivity index (χ3v) is 4.33. The lowest BCUT2D eigenvalue weighted by Gasteiger charge is -2.31. The van der Waals surface area contributed by atoms with E-state index in [1.807, 2.05) is 6.92 Å². The first-order valence-electron chi connectivity index (χ1n) is 9.18. The van der Waals surface area contributed by atoms with Crippen molar-refractivity contribution in [3.05, 3.63) is 35.4 Å². The number of hydrogen-bond donors (Lipinski definition) is 2. The molecule has 1 saturated heterocycles. The van der Waals surface area contributed by atoms with Gasteiger partial charge in [0.05, 0.1) is 13.2 Å². The zero-order valence-electron chi connectivity index (χ0n) is 16.1. The minimum Gasteiger partial charge on any atom is -0.450 e. The molecule has 1 aliphatic rings. The molecule has 3 N–H and O–H groups in total. The number of benzene rings is 1. The number of piperidine rings is 1. The van der Waals surface area contributed by atoms with Crippen LogP contribution in [0.1, 0.15) is 30.9 Å². The molecule has 2 rings (SSSR count). The van der Waals surface area contributed by atoms with Crippen molar-refractivity contribution in [1.82, 2.24) is 15.1 Å². The first kappa shape index (κ1) is 20.0. The topological polar surface area (TPSA) is 83.2 Å². The summed E-state index contributed by atoms with van der Waals surface area (Å²) in [6.45, 7) is 5.07. The van der Waals surface area contributed by atoms with Crippen LogP contribution in [0.4, 0.5) is 4.79 Å². The van der Waals surface area contributed by atoms with Crippen molar-refractivity contribution in [1.29, 1.82) is 0 Å². The Bertz CT molecular complexity index is 592.